The lowest BCUT2D eigenvalue weighted by Crippen LogP contribution is -2.10. The van der Waals surface area contributed by atoms with Gasteiger partial charge in [-0.25, -0.2) is 4.79 Å². The van der Waals surface area contributed by atoms with Crippen LogP contribution < -0.4 is 0 Å². The van der Waals surface area contributed by atoms with Gasteiger partial charge < -0.3 is 9.47 Å². The topological polar surface area (TPSA) is 52.6 Å². The summed E-state index contributed by atoms with van der Waals surface area (Å²) < 4.78 is 9.84. The zero-order valence-electron chi connectivity index (χ0n) is 11.2. The van der Waals surface area contributed by atoms with Crippen molar-refractivity contribution in [2.24, 2.45) is 0 Å². The summed E-state index contributed by atoms with van der Waals surface area (Å²) in [5.41, 5.74) is 0.498. The van der Waals surface area contributed by atoms with E-state index in [9.17, 15) is 9.59 Å². The maximum atomic E-state index is 11.8. The third kappa shape index (κ3) is 5.70. The highest BCUT2D eigenvalue weighted by atomic mass is 32.1. The van der Waals surface area contributed by atoms with Crippen molar-refractivity contribution in [3.8, 4) is 0 Å². The first-order valence-corrected chi connectivity index (χ1v) is 7.12. The number of hydrogen-bond acceptors (Lipinski definition) is 5. The van der Waals surface area contributed by atoms with Crippen LogP contribution in [-0.2, 0) is 19.1 Å². The van der Waals surface area contributed by atoms with Crippen LogP contribution in [0.5, 0.6) is 0 Å². The third-order valence-corrected chi connectivity index (χ3v) is 3.12. The van der Waals surface area contributed by atoms with Crippen LogP contribution >= 0.6 is 11.3 Å². The van der Waals surface area contributed by atoms with E-state index in [0.717, 1.165) is 4.88 Å². The second-order valence-electron chi connectivity index (χ2n) is 3.71. The van der Waals surface area contributed by atoms with Gasteiger partial charge in [0.15, 0.2) is 0 Å². The number of rotatable bonds is 7. The summed E-state index contributed by atoms with van der Waals surface area (Å²) in [5.74, 6) is -0.677. The van der Waals surface area contributed by atoms with Crippen LogP contribution in [0, 0.1) is 0 Å². The van der Waals surface area contributed by atoms with Crippen molar-refractivity contribution in [3.63, 3.8) is 0 Å². The van der Waals surface area contributed by atoms with Crippen molar-refractivity contribution in [2.75, 3.05) is 13.2 Å². The van der Waals surface area contributed by atoms with Crippen LogP contribution in [0.25, 0.3) is 6.08 Å². The molecule has 1 heterocycles. The van der Waals surface area contributed by atoms with Crippen LogP contribution in [0.1, 0.15) is 31.6 Å². The molecule has 0 radical (unpaired) electrons. The lowest BCUT2D eigenvalue weighted by Gasteiger charge is -2.06. The van der Waals surface area contributed by atoms with Gasteiger partial charge in [0.1, 0.15) is 0 Å². The Kier molecular flexibility index (Phi) is 6.89. The van der Waals surface area contributed by atoms with E-state index >= 15 is 0 Å². The Morgan fingerprint density at radius 1 is 1.21 bits per heavy atom. The largest absolute Gasteiger partial charge is 0.466 e. The van der Waals surface area contributed by atoms with E-state index in [1.54, 1.807) is 19.9 Å². The summed E-state index contributed by atoms with van der Waals surface area (Å²) in [7, 11) is 0. The zero-order valence-corrected chi connectivity index (χ0v) is 12.0. The summed E-state index contributed by atoms with van der Waals surface area (Å²) in [4.78, 5) is 24.1. The van der Waals surface area contributed by atoms with Crippen molar-refractivity contribution in [2.45, 2.75) is 26.7 Å². The Balaban J connectivity index is 2.70. The van der Waals surface area contributed by atoms with Crippen LogP contribution in [0.2, 0.25) is 0 Å². The Morgan fingerprint density at radius 2 is 1.95 bits per heavy atom. The summed E-state index contributed by atoms with van der Waals surface area (Å²) in [5, 5.41) is 1.93. The molecule has 0 fully saturated rings. The van der Waals surface area contributed by atoms with Crippen molar-refractivity contribution < 1.29 is 19.1 Å². The van der Waals surface area contributed by atoms with E-state index < -0.39 is 0 Å². The molecule has 0 bridgehead atoms. The molecule has 0 saturated carbocycles. The monoisotopic (exact) mass is 282 g/mol. The SMILES string of the molecule is CCOC(=O)CC/C(=C\c1cccs1)C(=O)OCC. The quantitative estimate of drug-likeness (QED) is 0.570. The smallest absolute Gasteiger partial charge is 0.334 e. The van der Waals surface area contributed by atoms with E-state index in [1.807, 2.05) is 17.5 Å². The van der Waals surface area contributed by atoms with Crippen molar-refractivity contribution in [3.05, 3.63) is 28.0 Å². The first-order valence-electron chi connectivity index (χ1n) is 6.24. The molecule has 19 heavy (non-hydrogen) atoms. The number of ether oxygens (including phenoxy) is 2. The third-order valence-electron chi connectivity index (χ3n) is 2.30. The van der Waals surface area contributed by atoms with Crippen molar-refractivity contribution in [1.29, 1.82) is 0 Å². The first kappa shape index (κ1) is 15.4. The summed E-state index contributed by atoms with van der Waals surface area (Å²) in [6, 6.07) is 3.82. The lowest BCUT2D eigenvalue weighted by atomic mass is 10.1. The molecule has 0 aliphatic heterocycles. The average molecular weight is 282 g/mol. The summed E-state index contributed by atoms with van der Waals surface area (Å²) >= 11 is 1.53. The molecule has 0 N–H and O–H groups in total. The molecule has 0 saturated heterocycles. The van der Waals surface area contributed by atoms with E-state index in [-0.39, 0.29) is 18.4 Å². The van der Waals surface area contributed by atoms with E-state index in [2.05, 4.69) is 0 Å². The van der Waals surface area contributed by atoms with Gasteiger partial charge in [0.2, 0.25) is 0 Å². The van der Waals surface area contributed by atoms with E-state index in [4.69, 9.17) is 9.47 Å². The summed E-state index contributed by atoms with van der Waals surface area (Å²) in [6.45, 7) is 4.18. The fourth-order valence-corrected chi connectivity index (χ4v) is 2.15. The minimum Gasteiger partial charge on any atom is -0.466 e. The van der Waals surface area contributed by atoms with Gasteiger partial charge in [-0.1, -0.05) is 6.07 Å². The predicted molar refractivity (Wildman–Crippen MR) is 74.8 cm³/mol. The van der Waals surface area contributed by atoms with Gasteiger partial charge in [-0.05, 0) is 37.8 Å². The molecule has 0 amide bonds. The number of hydrogen-bond donors (Lipinski definition) is 0. The molecule has 5 heteroatoms. The molecule has 104 valence electrons. The van der Waals surface area contributed by atoms with Crippen molar-refractivity contribution in [1.82, 2.24) is 0 Å². The van der Waals surface area contributed by atoms with Crippen LogP contribution in [0.4, 0.5) is 0 Å². The molecule has 1 rings (SSSR count). The Hall–Kier alpha value is -1.62. The van der Waals surface area contributed by atoms with E-state index in [1.165, 1.54) is 11.3 Å². The van der Waals surface area contributed by atoms with Gasteiger partial charge in [0.05, 0.1) is 13.2 Å². The van der Waals surface area contributed by atoms with Crippen LogP contribution in [0.15, 0.2) is 23.1 Å². The highest BCUT2D eigenvalue weighted by Crippen LogP contribution is 2.17. The maximum Gasteiger partial charge on any atom is 0.334 e. The molecule has 1 aromatic heterocycles. The van der Waals surface area contributed by atoms with Crippen molar-refractivity contribution >= 4 is 29.4 Å². The highest BCUT2D eigenvalue weighted by Gasteiger charge is 2.13. The number of carbonyl (C=O) groups is 2. The predicted octanol–water partition coefficient (Wildman–Crippen LogP) is 3.04. The fraction of sp³-hybridized carbons (Fsp3) is 0.429. The van der Waals surface area contributed by atoms with Gasteiger partial charge in [-0.3, -0.25) is 4.79 Å². The molecule has 1 aromatic rings. The molecule has 4 nitrogen and oxygen atoms in total. The maximum absolute atomic E-state index is 11.8. The minimum absolute atomic E-state index is 0.184. The van der Waals surface area contributed by atoms with Crippen LogP contribution in [0.3, 0.4) is 0 Å². The second-order valence-corrected chi connectivity index (χ2v) is 4.69. The molecule has 0 spiro atoms. The second kappa shape index (κ2) is 8.48. The number of esters is 2. The first-order chi connectivity index (χ1) is 9.17. The van der Waals surface area contributed by atoms with Gasteiger partial charge in [-0.15, -0.1) is 11.3 Å². The standard InChI is InChI=1S/C14H18O4S/c1-3-17-13(15)8-7-11(14(16)18-4-2)10-12-6-5-9-19-12/h5-6,9-10H,3-4,7-8H2,1-2H3/b11-10+. The van der Waals surface area contributed by atoms with Gasteiger partial charge in [0.25, 0.3) is 0 Å². The molecular weight excluding hydrogens is 264 g/mol. The number of carbonyl (C=O) groups excluding carboxylic acids is 2. The fourth-order valence-electron chi connectivity index (χ4n) is 1.47. The average Bonchev–Trinajstić information content (AvgIpc) is 2.88. The normalized spacial score (nSPS) is 11.2. The molecule has 0 unspecified atom stereocenters. The lowest BCUT2D eigenvalue weighted by molar-refractivity contribution is -0.143. The number of thiophene rings is 1. The Morgan fingerprint density at radius 3 is 2.53 bits per heavy atom. The van der Waals surface area contributed by atoms with Gasteiger partial charge in [-0.2, -0.15) is 0 Å². The van der Waals surface area contributed by atoms with E-state index in [0.29, 0.717) is 25.2 Å². The zero-order chi connectivity index (χ0) is 14.1. The van der Waals surface area contributed by atoms with Gasteiger partial charge in [0, 0.05) is 16.9 Å². The minimum atomic E-state index is -0.375. The summed E-state index contributed by atoms with van der Waals surface area (Å²) in [6.07, 6.45) is 2.28. The molecule has 0 atom stereocenters. The molecule has 0 aliphatic rings. The molecular formula is C14H18O4S. The van der Waals surface area contributed by atoms with Gasteiger partial charge >= 0.3 is 11.9 Å². The highest BCUT2D eigenvalue weighted by molar-refractivity contribution is 7.10. The molecule has 0 aromatic carbocycles. The Labute approximate surface area is 117 Å². The molecule has 0 aliphatic carbocycles. The van der Waals surface area contributed by atoms with Crippen LogP contribution in [-0.4, -0.2) is 25.2 Å². The Bertz CT molecular complexity index is 434.